The molecule has 1 aliphatic rings. The summed E-state index contributed by atoms with van der Waals surface area (Å²) < 4.78 is 6.09. The summed E-state index contributed by atoms with van der Waals surface area (Å²) >= 11 is 1.74. The Labute approximate surface area is 190 Å². The fourth-order valence-corrected chi connectivity index (χ4v) is 4.87. The fraction of sp³-hybridized carbons (Fsp3) is 0.520. The van der Waals surface area contributed by atoms with E-state index in [1.807, 2.05) is 63.8 Å². The number of hydrogen-bond donors (Lipinski definition) is 0. The standard InChI is InChI=1S/C25H34N2O3S/c1-17(2)14-24(28)27(18(3)4)15-25(29)26-12-10-23-21(11-13-31-23)22(26)16-30-20-8-6-19(5)7-9-20/h6-9,11,13,17-18,22H,10,12,14-16H2,1-5H3. The van der Waals surface area contributed by atoms with Crippen LogP contribution in [0.25, 0.3) is 0 Å². The second kappa shape index (κ2) is 10.3. The Kier molecular flexibility index (Phi) is 7.76. The topological polar surface area (TPSA) is 49.9 Å². The number of hydrogen-bond acceptors (Lipinski definition) is 4. The molecule has 1 aromatic carbocycles. The number of thiophene rings is 1. The Morgan fingerprint density at radius 3 is 2.52 bits per heavy atom. The molecule has 6 heteroatoms. The van der Waals surface area contributed by atoms with Crippen LogP contribution in [0, 0.1) is 12.8 Å². The minimum Gasteiger partial charge on any atom is -0.491 e. The zero-order valence-electron chi connectivity index (χ0n) is 19.3. The summed E-state index contributed by atoms with van der Waals surface area (Å²) in [6.07, 6.45) is 1.31. The molecule has 5 nitrogen and oxygen atoms in total. The summed E-state index contributed by atoms with van der Waals surface area (Å²) in [4.78, 5) is 31.0. The van der Waals surface area contributed by atoms with Gasteiger partial charge in [0.15, 0.2) is 0 Å². The highest BCUT2D eigenvalue weighted by Crippen LogP contribution is 2.34. The molecule has 3 rings (SSSR count). The molecule has 2 heterocycles. The van der Waals surface area contributed by atoms with E-state index in [0.717, 1.165) is 12.2 Å². The van der Waals surface area contributed by atoms with Gasteiger partial charge in [0, 0.05) is 23.9 Å². The lowest BCUT2D eigenvalue weighted by Crippen LogP contribution is -2.49. The van der Waals surface area contributed by atoms with E-state index in [0.29, 0.717) is 19.6 Å². The molecule has 1 aromatic heterocycles. The zero-order valence-corrected chi connectivity index (χ0v) is 20.1. The van der Waals surface area contributed by atoms with Gasteiger partial charge >= 0.3 is 0 Å². The number of nitrogens with zero attached hydrogens (tertiary/aromatic N) is 2. The first-order valence-electron chi connectivity index (χ1n) is 11.1. The number of rotatable bonds is 8. The summed E-state index contributed by atoms with van der Waals surface area (Å²) in [7, 11) is 0. The molecular weight excluding hydrogens is 408 g/mol. The van der Waals surface area contributed by atoms with Gasteiger partial charge in [0.05, 0.1) is 12.6 Å². The summed E-state index contributed by atoms with van der Waals surface area (Å²) in [6.45, 7) is 11.2. The first kappa shape index (κ1) is 23.3. The third kappa shape index (κ3) is 5.88. The van der Waals surface area contributed by atoms with Gasteiger partial charge in [-0.3, -0.25) is 9.59 Å². The molecule has 0 saturated carbocycles. The van der Waals surface area contributed by atoms with Gasteiger partial charge in [0.25, 0.3) is 0 Å². The van der Waals surface area contributed by atoms with Gasteiger partial charge in [-0.05, 0) is 62.3 Å². The van der Waals surface area contributed by atoms with Crippen LogP contribution in [-0.2, 0) is 16.0 Å². The van der Waals surface area contributed by atoms with Crippen LogP contribution in [0.4, 0.5) is 0 Å². The predicted molar refractivity (Wildman–Crippen MR) is 125 cm³/mol. The van der Waals surface area contributed by atoms with Crippen molar-refractivity contribution in [2.45, 2.75) is 59.5 Å². The maximum Gasteiger partial charge on any atom is 0.242 e. The first-order valence-corrected chi connectivity index (χ1v) is 12.0. The third-order valence-electron chi connectivity index (χ3n) is 5.68. The molecule has 1 unspecified atom stereocenters. The minimum absolute atomic E-state index is 0.0137. The number of carbonyl (C=O) groups is 2. The number of ether oxygens (including phenoxy) is 1. The molecular formula is C25H34N2O3S. The molecule has 168 valence electrons. The van der Waals surface area contributed by atoms with Crippen LogP contribution in [0.1, 0.15) is 56.2 Å². The van der Waals surface area contributed by atoms with Crippen molar-refractivity contribution >= 4 is 23.2 Å². The van der Waals surface area contributed by atoms with Crippen molar-refractivity contribution in [1.82, 2.24) is 9.80 Å². The zero-order chi connectivity index (χ0) is 22.5. The fourth-order valence-electron chi connectivity index (χ4n) is 3.95. The van der Waals surface area contributed by atoms with Crippen LogP contribution in [0.3, 0.4) is 0 Å². The summed E-state index contributed by atoms with van der Waals surface area (Å²) in [5, 5.41) is 2.09. The van der Waals surface area contributed by atoms with Gasteiger partial charge in [0.2, 0.25) is 11.8 Å². The van der Waals surface area contributed by atoms with Crippen LogP contribution in [0.15, 0.2) is 35.7 Å². The lowest BCUT2D eigenvalue weighted by atomic mass is 10.00. The van der Waals surface area contributed by atoms with Gasteiger partial charge in [0.1, 0.15) is 12.4 Å². The Balaban J connectivity index is 1.76. The molecule has 0 bridgehead atoms. The van der Waals surface area contributed by atoms with Crippen LogP contribution < -0.4 is 4.74 Å². The average Bonchev–Trinajstić information content (AvgIpc) is 3.19. The Bertz CT molecular complexity index is 888. The van der Waals surface area contributed by atoms with Crippen molar-refractivity contribution in [1.29, 1.82) is 0 Å². The van der Waals surface area contributed by atoms with Crippen molar-refractivity contribution in [3.63, 3.8) is 0 Å². The summed E-state index contributed by atoms with van der Waals surface area (Å²) in [5.41, 5.74) is 2.35. The average molecular weight is 443 g/mol. The van der Waals surface area contributed by atoms with E-state index in [1.165, 1.54) is 16.0 Å². The van der Waals surface area contributed by atoms with Gasteiger partial charge in [-0.1, -0.05) is 31.5 Å². The molecule has 31 heavy (non-hydrogen) atoms. The van der Waals surface area contributed by atoms with E-state index in [9.17, 15) is 9.59 Å². The van der Waals surface area contributed by atoms with Crippen LogP contribution >= 0.6 is 11.3 Å². The van der Waals surface area contributed by atoms with Crippen molar-refractivity contribution < 1.29 is 14.3 Å². The van der Waals surface area contributed by atoms with Gasteiger partial charge in [-0.2, -0.15) is 0 Å². The number of amides is 2. The number of fused-ring (bicyclic) bond motifs is 1. The summed E-state index contributed by atoms with van der Waals surface area (Å²) in [5.74, 6) is 1.10. The maximum atomic E-state index is 13.4. The number of carbonyl (C=O) groups excluding carboxylic acids is 2. The maximum absolute atomic E-state index is 13.4. The van der Waals surface area contributed by atoms with Gasteiger partial charge in [-0.15, -0.1) is 11.3 Å². The minimum atomic E-state index is -0.141. The highest BCUT2D eigenvalue weighted by Gasteiger charge is 2.34. The molecule has 0 fully saturated rings. The molecule has 2 amide bonds. The van der Waals surface area contributed by atoms with Crippen molar-refractivity contribution in [3.8, 4) is 5.75 Å². The third-order valence-corrected chi connectivity index (χ3v) is 6.67. The monoisotopic (exact) mass is 442 g/mol. The van der Waals surface area contributed by atoms with Gasteiger partial charge in [-0.25, -0.2) is 0 Å². The lowest BCUT2D eigenvalue weighted by molar-refractivity contribution is -0.144. The van der Waals surface area contributed by atoms with E-state index >= 15 is 0 Å². The van der Waals surface area contributed by atoms with Crippen molar-refractivity contribution in [2.75, 3.05) is 19.7 Å². The molecule has 1 atom stereocenters. The predicted octanol–water partition coefficient (Wildman–Crippen LogP) is 4.84. The number of aryl methyl sites for hydroxylation is 1. The molecule has 0 spiro atoms. The van der Waals surface area contributed by atoms with E-state index in [2.05, 4.69) is 11.4 Å². The Hall–Kier alpha value is -2.34. The van der Waals surface area contributed by atoms with E-state index in [-0.39, 0.29) is 36.4 Å². The lowest BCUT2D eigenvalue weighted by Gasteiger charge is -2.38. The Morgan fingerprint density at radius 1 is 1.16 bits per heavy atom. The van der Waals surface area contributed by atoms with E-state index < -0.39 is 0 Å². The quantitative estimate of drug-likeness (QED) is 0.588. The highest BCUT2D eigenvalue weighted by atomic mass is 32.1. The van der Waals surface area contributed by atoms with Crippen LogP contribution in [0.5, 0.6) is 5.75 Å². The molecule has 0 N–H and O–H groups in total. The normalized spacial score (nSPS) is 15.8. The van der Waals surface area contributed by atoms with Gasteiger partial charge < -0.3 is 14.5 Å². The Morgan fingerprint density at radius 2 is 1.87 bits per heavy atom. The van der Waals surface area contributed by atoms with Crippen LogP contribution in [-0.4, -0.2) is 47.4 Å². The number of benzene rings is 1. The van der Waals surface area contributed by atoms with Crippen molar-refractivity contribution in [2.24, 2.45) is 5.92 Å². The second-order valence-corrected chi connectivity index (χ2v) is 9.99. The summed E-state index contributed by atoms with van der Waals surface area (Å²) in [6, 6.07) is 9.92. The van der Waals surface area contributed by atoms with Crippen LogP contribution in [0.2, 0.25) is 0 Å². The SMILES string of the molecule is Cc1ccc(OCC2c3ccsc3CCN2C(=O)CN(C(=O)CC(C)C)C(C)C)cc1. The van der Waals surface area contributed by atoms with E-state index in [4.69, 9.17) is 4.74 Å². The second-order valence-electron chi connectivity index (χ2n) is 8.99. The molecule has 1 aliphatic heterocycles. The largest absolute Gasteiger partial charge is 0.491 e. The smallest absolute Gasteiger partial charge is 0.242 e. The molecule has 0 aliphatic carbocycles. The molecule has 0 saturated heterocycles. The highest BCUT2D eigenvalue weighted by molar-refractivity contribution is 7.10. The van der Waals surface area contributed by atoms with E-state index in [1.54, 1.807) is 16.2 Å². The van der Waals surface area contributed by atoms with Crippen molar-refractivity contribution in [3.05, 3.63) is 51.7 Å². The first-order chi connectivity index (χ1) is 14.8. The molecule has 0 radical (unpaired) electrons. The molecule has 2 aromatic rings.